The van der Waals surface area contributed by atoms with Crippen molar-refractivity contribution < 1.29 is 18.0 Å². The van der Waals surface area contributed by atoms with Gasteiger partial charge in [-0.05, 0) is 38.0 Å². The zero-order valence-corrected chi connectivity index (χ0v) is 13.4. The molecule has 0 heterocycles. The van der Waals surface area contributed by atoms with E-state index >= 15 is 0 Å². The fraction of sp³-hybridized carbons (Fsp3) is 0.929. The highest BCUT2D eigenvalue weighted by molar-refractivity contribution is 9.09. The Hall–Kier alpha value is -0.260. The van der Waals surface area contributed by atoms with Crippen molar-refractivity contribution >= 4 is 21.8 Å². The van der Waals surface area contributed by atoms with Gasteiger partial charge in [0.05, 0.1) is 5.92 Å². The Bertz CT molecular complexity index is 309. The number of carbonyl (C=O) groups is 1. The maximum absolute atomic E-state index is 12.7. The van der Waals surface area contributed by atoms with E-state index in [0.717, 1.165) is 18.2 Å². The van der Waals surface area contributed by atoms with Crippen molar-refractivity contribution in [1.29, 1.82) is 0 Å². The van der Waals surface area contributed by atoms with Gasteiger partial charge in [-0.3, -0.25) is 4.79 Å². The van der Waals surface area contributed by atoms with Gasteiger partial charge in [0.25, 0.3) is 0 Å². The number of carbonyl (C=O) groups excluding carboxylic acids is 1. The molecule has 3 atom stereocenters. The van der Waals surface area contributed by atoms with Crippen LogP contribution in [0.1, 0.15) is 45.4 Å². The van der Waals surface area contributed by atoms with Crippen molar-refractivity contribution in [1.82, 2.24) is 5.32 Å². The van der Waals surface area contributed by atoms with Gasteiger partial charge in [-0.1, -0.05) is 29.3 Å². The summed E-state index contributed by atoms with van der Waals surface area (Å²) in [6.07, 6.45) is -1.11. The zero-order chi connectivity index (χ0) is 15.2. The largest absolute Gasteiger partial charge is 0.391 e. The van der Waals surface area contributed by atoms with Crippen LogP contribution in [0.25, 0.3) is 0 Å². The Morgan fingerprint density at radius 2 is 2.10 bits per heavy atom. The Balaban J connectivity index is 2.29. The van der Waals surface area contributed by atoms with Crippen LogP contribution in [0.4, 0.5) is 13.2 Å². The Morgan fingerprint density at radius 3 is 2.70 bits per heavy atom. The molecule has 0 spiro atoms. The fourth-order valence-electron chi connectivity index (χ4n) is 2.61. The third-order valence-electron chi connectivity index (χ3n) is 3.94. The first-order valence-corrected chi connectivity index (χ1v) is 8.37. The van der Waals surface area contributed by atoms with Crippen molar-refractivity contribution in [3.05, 3.63) is 0 Å². The van der Waals surface area contributed by atoms with E-state index in [-0.39, 0.29) is 18.7 Å². The molecule has 0 radical (unpaired) electrons. The molecule has 1 saturated carbocycles. The Kier molecular flexibility index (Phi) is 7.34. The van der Waals surface area contributed by atoms with Crippen molar-refractivity contribution in [3.63, 3.8) is 0 Å². The standard InChI is InChI=1S/C14H23BrF3NO/c1-10(9-15)4-3-7-19-13(20)11-5-2-6-12(8-11)14(16,17)18/h10-12H,2-9H2,1H3,(H,19,20). The number of amides is 1. The van der Waals surface area contributed by atoms with E-state index in [1.165, 1.54) is 0 Å². The third-order valence-corrected chi connectivity index (χ3v) is 5.05. The minimum absolute atomic E-state index is 0.0485. The van der Waals surface area contributed by atoms with Crippen LogP contribution < -0.4 is 5.32 Å². The van der Waals surface area contributed by atoms with Crippen LogP contribution >= 0.6 is 15.9 Å². The lowest BCUT2D eigenvalue weighted by Crippen LogP contribution is -2.37. The lowest BCUT2D eigenvalue weighted by Gasteiger charge is -2.29. The summed E-state index contributed by atoms with van der Waals surface area (Å²) in [4.78, 5) is 11.9. The van der Waals surface area contributed by atoms with Crippen molar-refractivity contribution in [2.24, 2.45) is 17.8 Å². The van der Waals surface area contributed by atoms with Crippen LogP contribution in [0.2, 0.25) is 0 Å². The monoisotopic (exact) mass is 357 g/mol. The lowest BCUT2D eigenvalue weighted by atomic mass is 9.80. The molecule has 1 aliphatic rings. The van der Waals surface area contributed by atoms with E-state index in [9.17, 15) is 18.0 Å². The number of nitrogens with one attached hydrogen (secondary N) is 1. The average Bonchev–Trinajstić information content (AvgIpc) is 2.42. The van der Waals surface area contributed by atoms with Crippen LogP contribution in [0.3, 0.4) is 0 Å². The first-order valence-electron chi connectivity index (χ1n) is 7.25. The van der Waals surface area contributed by atoms with Crippen molar-refractivity contribution in [3.8, 4) is 0 Å². The Labute approximate surface area is 127 Å². The second kappa shape index (κ2) is 8.25. The molecular formula is C14H23BrF3NO. The van der Waals surface area contributed by atoms with E-state index < -0.39 is 18.0 Å². The highest BCUT2D eigenvalue weighted by Crippen LogP contribution is 2.39. The van der Waals surface area contributed by atoms with Gasteiger partial charge in [0.2, 0.25) is 5.91 Å². The smallest absolute Gasteiger partial charge is 0.356 e. The second-order valence-corrected chi connectivity index (χ2v) is 6.44. The summed E-state index contributed by atoms with van der Waals surface area (Å²) in [5.74, 6) is -1.42. The molecule has 0 aliphatic heterocycles. The van der Waals surface area contributed by atoms with E-state index in [1.807, 2.05) is 0 Å². The third kappa shape index (κ3) is 6.02. The first kappa shape index (κ1) is 17.8. The molecule has 118 valence electrons. The number of rotatable bonds is 6. The number of hydrogen-bond donors (Lipinski definition) is 1. The maximum Gasteiger partial charge on any atom is 0.391 e. The predicted molar refractivity (Wildman–Crippen MR) is 76.7 cm³/mol. The minimum atomic E-state index is -4.16. The van der Waals surface area contributed by atoms with Crippen LogP contribution in [0.15, 0.2) is 0 Å². The number of halogens is 4. The molecule has 1 aliphatic carbocycles. The predicted octanol–water partition coefficient (Wildman–Crippen LogP) is 4.28. The SMILES string of the molecule is CC(CBr)CCCNC(=O)C1CCCC(C(F)(F)F)C1. The van der Waals surface area contributed by atoms with Gasteiger partial charge >= 0.3 is 6.18 Å². The summed E-state index contributed by atoms with van der Waals surface area (Å²) in [6.45, 7) is 2.68. The molecule has 1 N–H and O–H groups in total. The molecule has 20 heavy (non-hydrogen) atoms. The molecule has 6 heteroatoms. The number of alkyl halides is 4. The molecule has 0 aromatic rings. The molecule has 3 unspecified atom stereocenters. The van der Waals surface area contributed by atoms with Gasteiger partial charge in [-0.2, -0.15) is 13.2 Å². The molecule has 0 bridgehead atoms. The van der Waals surface area contributed by atoms with Gasteiger partial charge in [0.1, 0.15) is 0 Å². The van der Waals surface area contributed by atoms with Crippen molar-refractivity contribution in [2.75, 3.05) is 11.9 Å². The molecular weight excluding hydrogens is 335 g/mol. The van der Waals surface area contributed by atoms with Crippen LogP contribution in [0.5, 0.6) is 0 Å². The molecule has 1 amide bonds. The van der Waals surface area contributed by atoms with Crippen LogP contribution in [-0.4, -0.2) is 24.0 Å². The summed E-state index contributed by atoms with van der Waals surface area (Å²) in [5.41, 5.74) is 0. The molecule has 0 saturated heterocycles. The lowest BCUT2D eigenvalue weighted by molar-refractivity contribution is -0.186. The molecule has 0 aromatic carbocycles. The maximum atomic E-state index is 12.7. The summed E-state index contributed by atoms with van der Waals surface area (Å²) >= 11 is 3.39. The first-order chi connectivity index (χ1) is 9.34. The molecule has 1 fully saturated rings. The fourth-order valence-corrected chi connectivity index (χ4v) is 2.93. The van der Waals surface area contributed by atoms with Gasteiger partial charge in [0.15, 0.2) is 0 Å². The van der Waals surface area contributed by atoms with E-state index in [4.69, 9.17) is 0 Å². The van der Waals surface area contributed by atoms with E-state index in [0.29, 0.717) is 25.3 Å². The van der Waals surface area contributed by atoms with Gasteiger partial charge in [0, 0.05) is 17.8 Å². The second-order valence-electron chi connectivity index (χ2n) is 5.79. The van der Waals surface area contributed by atoms with Gasteiger partial charge in [-0.15, -0.1) is 0 Å². The molecule has 2 nitrogen and oxygen atoms in total. The summed E-state index contributed by atoms with van der Waals surface area (Å²) in [5, 5.41) is 3.71. The van der Waals surface area contributed by atoms with E-state index in [1.54, 1.807) is 0 Å². The highest BCUT2D eigenvalue weighted by Gasteiger charge is 2.43. The quantitative estimate of drug-likeness (QED) is 0.557. The summed E-state index contributed by atoms with van der Waals surface area (Å²) in [7, 11) is 0. The topological polar surface area (TPSA) is 29.1 Å². The summed E-state index contributed by atoms with van der Waals surface area (Å²) < 4.78 is 38.0. The highest BCUT2D eigenvalue weighted by atomic mass is 79.9. The average molecular weight is 358 g/mol. The normalized spacial score (nSPS) is 25.2. The van der Waals surface area contributed by atoms with Gasteiger partial charge < -0.3 is 5.32 Å². The molecule has 0 aromatic heterocycles. The molecule has 1 rings (SSSR count). The minimum Gasteiger partial charge on any atom is -0.356 e. The summed E-state index contributed by atoms with van der Waals surface area (Å²) in [6, 6.07) is 0. The zero-order valence-electron chi connectivity index (χ0n) is 11.8. The van der Waals surface area contributed by atoms with Crippen molar-refractivity contribution in [2.45, 2.75) is 51.6 Å². The number of hydrogen-bond acceptors (Lipinski definition) is 1. The van der Waals surface area contributed by atoms with Crippen LogP contribution in [0, 0.1) is 17.8 Å². The van der Waals surface area contributed by atoms with Gasteiger partial charge in [-0.25, -0.2) is 0 Å². The van der Waals surface area contributed by atoms with Crippen LogP contribution in [-0.2, 0) is 4.79 Å². The Morgan fingerprint density at radius 1 is 1.40 bits per heavy atom. The van der Waals surface area contributed by atoms with E-state index in [2.05, 4.69) is 28.2 Å².